The Morgan fingerprint density at radius 2 is 1.61 bits per heavy atom. The van der Waals surface area contributed by atoms with E-state index in [4.69, 9.17) is 23.7 Å². The summed E-state index contributed by atoms with van der Waals surface area (Å²) in [5.41, 5.74) is -1.50. The lowest BCUT2D eigenvalue weighted by atomic mass is 9.78. The number of aromatic hydroxyl groups is 1. The van der Waals surface area contributed by atoms with E-state index in [1.54, 1.807) is 44.7 Å². The van der Waals surface area contributed by atoms with E-state index < -0.39 is 94.5 Å². The van der Waals surface area contributed by atoms with E-state index in [-0.39, 0.29) is 65.7 Å². The molecule has 16 nitrogen and oxygen atoms in total. The lowest BCUT2D eigenvalue weighted by Crippen LogP contribution is -2.47. The third kappa shape index (κ3) is 8.08. The summed E-state index contributed by atoms with van der Waals surface area (Å²) in [6.07, 6.45) is 2.52. The number of aliphatic hydroxyl groups is 2. The first-order valence-electron chi connectivity index (χ1n) is 19.0. The topological polar surface area (TPSA) is 219 Å². The highest BCUT2D eigenvalue weighted by molar-refractivity contribution is 6.32. The first-order valence-corrected chi connectivity index (χ1v) is 19.0. The number of hydrogen-bond donors (Lipinski definition) is 5. The van der Waals surface area contributed by atoms with Crippen molar-refractivity contribution in [2.24, 2.45) is 23.7 Å². The Balaban J connectivity index is 1.67. The van der Waals surface area contributed by atoms with Crippen LogP contribution in [0, 0.1) is 30.6 Å². The van der Waals surface area contributed by atoms with Crippen molar-refractivity contribution in [1.82, 2.24) is 15.5 Å². The number of phenolic OH excluding ortho intramolecular Hbond substituents is 1. The largest absolute Gasteiger partial charge is 0.507 e. The molecule has 0 unspecified atom stereocenters. The number of carbonyl (C=O) groups is 5. The number of morpholine rings is 1. The maximum Gasteiger partial charge on any atom is 0.407 e. The molecule has 1 aliphatic carbocycles. The molecular formula is C41H53N3O13. The van der Waals surface area contributed by atoms with E-state index in [0.717, 1.165) is 0 Å². The first-order chi connectivity index (χ1) is 26.9. The number of rotatable bonds is 3. The third-order valence-electron chi connectivity index (χ3n) is 11.4. The zero-order valence-electron chi connectivity index (χ0n) is 33.7. The van der Waals surface area contributed by atoms with Gasteiger partial charge in [0.05, 0.1) is 54.5 Å². The molecule has 9 atom stereocenters. The fourth-order valence-electron chi connectivity index (χ4n) is 7.76. The van der Waals surface area contributed by atoms with E-state index in [2.05, 4.69) is 10.6 Å². The van der Waals surface area contributed by atoms with Gasteiger partial charge in [-0.15, -0.1) is 0 Å². The molecule has 0 aromatic heterocycles. The molecule has 1 aromatic rings. The van der Waals surface area contributed by atoms with Gasteiger partial charge in [-0.2, -0.15) is 0 Å². The van der Waals surface area contributed by atoms with Gasteiger partial charge in [-0.3, -0.25) is 19.2 Å². The molecule has 5 aliphatic rings. The Morgan fingerprint density at radius 3 is 2.25 bits per heavy atom. The number of nitrogens with one attached hydrogen (secondary N) is 2. The fourth-order valence-corrected chi connectivity index (χ4v) is 7.76. The van der Waals surface area contributed by atoms with E-state index in [0.29, 0.717) is 0 Å². The predicted octanol–water partition coefficient (Wildman–Crippen LogP) is 3.08. The highest BCUT2D eigenvalue weighted by Crippen LogP contribution is 2.49. The van der Waals surface area contributed by atoms with Gasteiger partial charge in [-0.25, -0.2) is 4.79 Å². The fraction of sp³-hybridized carbons (Fsp3) is 0.537. The van der Waals surface area contributed by atoms with Gasteiger partial charge in [0.1, 0.15) is 29.0 Å². The molecule has 0 spiro atoms. The Bertz CT molecular complexity index is 1930. The number of amides is 2. The molecule has 310 valence electrons. The molecule has 4 heterocycles. The van der Waals surface area contributed by atoms with Crippen LogP contribution in [-0.4, -0.2) is 120 Å². The van der Waals surface area contributed by atoms with Crippen LogP contribution in [0.15, 0.2) is 47.5 Å². The summed E-state index contributed by atoms with van der Waals surface area (Å²) in [5, 5.41) is 39.4. The molecule has 57 heavy (non-hydrogen) atoms. The molecule has 4 aliphatic heterocycles. The van der Waals surface area contributed by atoms with Crippen LogP contribution < -0.4 is 15.4 Å². The Kier molecular flexibility index (Phi) is 13.0. The summed E-state index contributed by atoms with van der Waals surface area (Å²) in [7, 11) is 2.81. The van der Waals surface area contributed by atoms with Crippen molar-refractivity contribution >= 4 is 29.4 Å². The minimum atomic E-state index is -2.08. The lowest BCUT2D eigenvalue weighted by molar-refractivity contribution is -0.116. The summed E-state index contributed by atoms with van der Waals surface area (Å²) < 4.78 is 29.0. The predicted molar refractivity (Wildman–Crippen MR) is 204 cm³/mol. The first kappa shape index (κ1) is 43.1. The molecule has 0 radical (unpaired) electrons. The van der Waals surface area contributed by atoms with Gasteiger partial charge >= 0.3 is 11.9 Å². The second kappa shape index (κ2) is 17.2. The highest BCUT2D eigenvalue weighted by Gasteiger charge is 2.53. The summed E-state index contributed by atoms with van der Waals surface area (Å²) in [5.74, 6) is -8.65. The maximum absolute atomic E-state index is 14.7. The van der Waals surface area contributed by atoms with Crippen LogP contribution in [0.25, 0.3) is 0 Å². The van der Waals surface area contributed by atoms with Gasteiger partial charge < -0.3 is 54.5 Å². The highest BCUT2D eigenvalue weighted by atomic mass is 16.7. The molecule has 1 fully saturated rings. The van der Waals surface area contributed by atoms with E-state index in [1.807, 2.05) is 0 Å². The van der Waals surface area contributed by atoms with Crippen LogP contribution in [0.1, 0.15) is 78.2 Å². The third-order valence-corrected chi connectivity index (χ3v) is 11.4. The normalized spacial score (nSPS) is 31.4. The monoisotopic (exact) mass is 795 g/mol. The minimum absolute atomic E-state index is 0.00236. The van der Waals surface area contributed by atoms with Gasteiger partial charge in [-0.1, -0.05) is 45.9 Å². The van der Waals surface area contributed by atoms with Crippen LogP contribution in [0.4, 0.5) is 4.79 Å². The van der Waals surface area contributed by atoms with Crippen molar-refractivity contribution in [3.05, 3.63) is 69.8 Å². The number of ether oxygens (including phenoxy) is 5. The van der Waals surface area contributed by atoms with Crippen molar-refractivity contribution in [2.75, 3.05) is 40.5 Å². The van der Waals surface area contributed by atoms with Crippen molar-refractivity contribution in [2.45, 2.75) is 78.7 Å². The summed E-state index contributed by atoms with van der Waals surface area (Å²) in [4.78, 5) is 71.3. The molecule has 5 N–H and O–H groups in total. The number of ketones is 3. The van der Waals surface area contributed by atoms with E-state index >= 15 is 0 Å². The molecule has 6 rings (SSSR count). The van der Waals surface area contributed by atoms with Gasteiger partial charge in [0.25, 0.3) is 11.7 Å². The van der Waals surface area contributed by atoms with Crippen molar-refractivity contribution in [1.29, 1.82) is 0 Å². The Labute approximate surface area is 331 Å². The standard InChI is InChI=1S/C41H53N3O13/c1-19-11-10-12-20(2)39(51)43-29-30(44-14-17-54-18-15-44)35(49)26-27(34(29)48)33(47)24(6)37-28(26)38(50)41(7,57-37)55-16-13-25(53-9)21(3)36(56-40(52)42-8)23(5)32(46)22(4)31(19)45/h10-13,16,19,21-23,25,31-32,36,45-47H,14-15,17-18H2,1-9H3,(H,42,52)(H,43,51)/t19-,21+,22+,23+,25-,31-,32+,36+,41-/m0/s1. The maximum atomic E-state index is 14.7. The van der Waals surface area contributed by atoms with Crippen LogP contribution in [-0.2, 0) is 23.7 Å². The van der Waals surface area contributed by atoms with Crippen molar-refractivity contribution in [3.8, 4) is 11.5 Å². The van der Waals surface area contributed by atoms with Crippen LogP contribution in [0.2, 0.25) is 0 Å². The number of methoxy groups -OCH3 is 1. The van der Waals surface area contributed by atoms with Crippen molar-refractivity contribution in [3.63, 3.8) is 0 Å². The number of phenols is 1. The second-order valence-corrected chi connectivity index (χ2v) is 15.2. The number of hydrogen-bond acceptors (Lipinski definition) is 14. The number of nitrogens with zero attached hydrogens (tertiary/aromatic N) is 1. The van der Waals surface area contributed by atoms with E-state index in [1.165, 1.54) is 53.3 Å². The molecule has 0 saturated carbocycles. The number of carbonyl (C=O) groups excluding carboxylic acids is 5. The molecular weight excluding hydrogens is 742 g/mol. The SMILES string of the molecule is CNC(=O)O[C@H]1[C@H](C)[C@H](O)[C@H](C)[C@@H](O)[C@@H](C)C=CC=C(C)C(=O)NC2=C(N3CCOCC3)C(=O)c3c(c(O)c(C)c4c3C(=O)[C@@](C)(OC=C[C@H](OC)[C@H]1C)O4)C2=O. The zero-order chi connectivity index (χ0) is 42.1. The number of allylic oxidation sites excluding steroid dienone is 4. The number of alkyl carbamates (subject to hydrolysis) is 1. The van der Waals surface area contributed by atoms with Gasteiger partial charge in [-0.05, 0) is 19.9 Å². The second-order valence-electron chi connectivity index (χ2n) is 15.2. The lowest BCUT2D eigenvalue weighted by Gasteiger charge is -2.38. The summed E-state index contributed by atoms with van der Waals surface area (Å²) >= 11 is 0. The molecule has 1 aromatic carbocycles. The zero-order valence-corrected chi connectivity index (χ0v) is 33.7. The minimum Gasteiger partial charge on any atom is -0.507 e. The number of benzene rings is 1. The van der Waals surface area contributed by atoms with Crippen molar-refractivity contribution < 1.29 is 63.0 Å². The van der Waals surface area contributed by atoms with E-state index in [9.17, 15) is 39.3 Å². The quantitative estimate of drug-likeness (QED) is 0.297. The van der Waals surface area contributed by atoms with Crippen LogP contribution >= 0.6 is 0 Å². The summed E-state index contributed by atoms with van der Waals surface area (Å²) in [6.45, 7) is 11.9. The number of aliphatic hydroxyl groups excluding tert-OH is 2. The number of Topliss-reactive ketones (excluding diaryl/α,β-unsaturated/α-hetero) is 3. The van der Waals surface area contributed by atoms with Gasteiger partial charge in [0, 0.05) is 69.0 Å². The van der Waals surface area contributed by atoms with Gasteiger partial charge in [0.2, 0.25) is 11.6 Å². The summed E-state index contributed by atoms with van der Waals surface area (Å²) in [6, 6.07) is 0. The number of fused-ring (bicyclic) bond motifs is 14. The van der Waals surface area contributed by atoms with Crippen LogP contribution in [0.5, 0.6) is 11.5 Å². The Morgan fingerprint density at radius 1 is 0.947 bits per heavy atom. The average molecular weight is 796 g/mol. The smallest absolute Gasteiger partial charge is 0.407 e. The Hall–Kier alpha value is -5.03. The van der Waals surface area contributed by atoms with Crippen LogP contribution in [0.3, 0.4) is 0 Å². The molecule has 5 bridgehead atoms. The average Bonchev–Trinajstić information content (AvgIpc) is 3.46. The molecule has 1 saturated heterocycles. The molecule has 16 heteroatoms. The van der Waals surface area contributed by atoms with Gasteiger partial charge in [0.15, 0.2) is 0 Å². The molecule has 2 amide bonds.